The van der Waals surface area contributed by atoms with E-state index in [1.54, 1.807) is 0 Å². The van der Waals surface area contributed by atoms with Crippen LogP contribution in [-0.2, 0) is 11.3 Å². The third-order valence-electron chi connectivity index (χ3n) is 4.21. The molecule has 1 N–H and O–H groups in total. The number of fused-ring (bicyclic) bond motifs is 1. The van der Waals surface area contributed by atoms with Gasteiger partial charge in [0.15, 0.2) is 0 Å². The minimum absolute atomic E-state index is 0. The van der Waals surface area contributed by atoms with Crippen LogP contribution >= 0.6 is 12.4 Å². The Balaban J connectivity index is 0.00000225. The quantitative estimate of drug-likeness (QED) is 0.814. The minimum Gasteiger partial charge on any atom is -0.445 e. The number of nitrogens with one attached hydrogen (secondary N) is 1. The number of carbonyl (C=O) groups excluding carboxylic acids is 1. The van der Waals surface area contributed by atoms with Gasteiger partial charge in [-0.2, -0.15) is 0 Å². The first kappa shape index (κ1) is 19.6. The van der Waals surface area contributed by atoms with Gasteiger partial charge in [-0.3, -0.25) is 0 Å². The number of benzene rings is 1. The first-order valence-corrected chi connectivity index (χ1v) is 7.41. The molecule has 2 heterocycles. The lowest BCUT2D eigenvalue weighted by Gasteiger charge is -2.19. The molecule has 0 saturated carbocycles. The van der Waals surface area contributed by atoms with Crippen molar-refractivity contribution < 1.29 is 31.8 Å². The largest absolute Gasteiger partial charge is 0.573 e. The molecule has 2 aliphatic heterocycles. The maximum atomic E-state index is 14.4. The molecule has 2 fully saturated rings. The van der Waals surface area contributed by atoms with Crippen LogP contribution in [0.5, 0.6) is 5.75 Å². The molecule has 0 bridgehead atoms. The van der Waals surface area contributed by atoms with Crippen molar-refractivity contribution in [3.63, 3.8) is 0 Å². The zero-order valence-corrected chi connectivity index (χ0v) is 13.8. The van der Waals surface area contributed by atoms with Gasteiger partial charge in [0.25, 0.3) is 0 Å². The van der Waals surface area contributed by atoms with Crippen LogP contribution in [0.2, 0.25) is 0 Å². The summed E-state index contributed by atoms with van der Waals surface area (Å²) in [5.74, 6) is -0.583. The second-order valence-corrected chi connectivity index (χ2v) is 5.99. The lowest BCUT2D eigenvalue weighted by molar-refractivity contribution is -0.274. The Kier molecular flexibility index (Phi) is 5.68. The molecule has 1 aromatic carbocycles. The van der Waals surface area contributed by atoms with E-state index < -0.39 is 18.1 Å². The topological polar surface area (TPSA) is 50.8 Å². The van der Waals surface area contributed by atoms with E-state index in [1.165, 1.54) is 17.0 Å². The van der Waals surface area contributed by atoms with E-state index in [0.717, 1.165) is 12.1 Å². The number of nitrogens with zero attached hydrogens (tertiary/aromatic N) is 1. The molecule has 0 aliphatic carbocycles. The molecule has 0 unspecified atom stereocenters. The van der Waals surface area contributed by atoms with Crippen LogP contribution in [0.4, 0.5) is 22.4 Å². The molecule has 3 rings (SSSR count). The fourth-order valence-corrected chi connectivity index (χ4v) is 3.01. The number of carbonyl (C=O) groups is 1. The number of hydrogen-bond donors (Lipinski definition) is 1. The third-order valence-corrected chi connectivity index (χ3v) is 4.21. The highest BCUT2D eigenvalue weighted by molar-refractivity contribution is 5.85. The Morgan fingerprint density at radius 3 is 2.60 bits per heavy atom. The summed E-state index contributed by atoms with van der Waals surface area (Å²) >= 11 is 0. The highest BCUT2D eigenvalue weighted by Gasteiger charge is 2.52. The molecule has 0 spiro atoms. The van der Waals surface area contributed by atoms with Gasteiger partial charge in [0.2, 0.25) is 0 Å². The van der Waals surface area contributed by atoms with Crippen molar-refractivity contribution in [1.82, 2.24) is 10.2 Å². The van der Waals surface area contributed by atoms with Gasteiger partial charge in [0.05, 0.1) is 6.54 Å². The molecular weight excluding hydrogens is 368 g/mol. The Morgan fingerprint density at radius 1 is 1.32 bits per heavy atom. The Hall–Kier alpha value is -1.74. The summed E-state index contributed by atoms with van der Waals surface area (Å²) in [6.45, 7) is 0.926. The summed E-state index contributed by atoms with van der Waals surface area (Å²) in [5, 5.41) is 2.96. The standard InChI is InChI=1S/C15H16F4N2O3.ClH/c16-14-8-20-5-11(14)6-21(9-14)13(22)23-7-10-1-3-12(4-2-10)24-15(17,18)19;/h1-4,11,20H,5-9H2;1H/t11-,14+;/m0./s1. The fraction of sp³-hybridized carbons (Fsp3) is 0.533. The van der Waals surface area contributed by atoms with E-state index in [1.807, 2.05) is 0 Å². The Labute approximate surface area is 147 Å². The summed E-state index contributed by atoms with van der Waals surface area (Å²) in [5.41, 5.74) is -0.899. The summed E-state index contributed by atoms with van der Waals surface area (Å²) in [6, 6.07) is 5.01. The zero-order valence-electron chi connectivity index (χ0n) is 13.0. The molecule has 1 amide bonds. The van der Waals surface area contributed by atoms with Gasteiger partial charge in [0, 0.05) is 25.6 Å². The van der Waals surface area contributed by atoms with Crippen molar-refractivity contribution in [2.75, 3.05) is 26.2 Å². The van der Waals surface area contributed by atoms with Crippen LogP contribution in [0.15, 0.2) is 24.3 Å². The first-order valence-electron chi connectivity index (χ1n) is 7.41. The van der Waals surface area contributed by atoms with Gasteiger partial charge in [-0.05, 0) is 17.7 Å². The summed E-state index contributed by atoms with van der Waals surface area (Å²) in [6.07, 6.45) is -5.38. The molecule has 10 heteroatoms. The van der Waals surface area contributed by atoms with Crippen LogP contribution in [0.1, 0.15) is 5.56 Å². The Morgan fingerprint density at radius 2 is 2.00 bits per heavy atom. The molecule has 2 atom stereocenters. The van der Waals surface area contributed by atoms with Crippen LogP contribution in [0.25, 0.3) is 0 Å². The molecule has 0 aromatic heterocycles. The van der Waals surface area contributed by atoms with E-state index in [2.05, 4.69) is 10.1 Å². The number of hydrogen-bond acceptors (Lipinski definition) is 4. The van der Waals surface area contributed by atoms with Crippen molar-refractivity contribution in [2.45, 2.75) is 18.6 Å². The molecular formula is C15H17ClF4N2O3. The number of amides is 1. The fourth-order valence-electron chi connectivity index (χ4n) is 3.01. The highest BCUT2D eigenvalue weighted by atomic mass is 35.5. The molecule has 140 valence electrons. The average molecular weight is 385 g/mol. The lowest BCUT2D eigenvalue weighted by Crippen LogP contribution is -2.37. The van der Waals surface area contributed by atoms with Gasteiger partial charge < -0.3 is 19.7 Å². The SMILES string of the molecule is Cl.O=C(OCc1ccc(OC(F)(F)F)cc1)N1C[C@@H]2CNC[C@@]2(F)C1. The number of halogens is 5. The van der Waals surface area contributed by atoms with Gasteiger partial charge in [-0.15, -0.1) is 25.6 Å². The molecule has 2 saturated heterocycles. The second-order valence-electron chi connectivity index (χ2n) is 5.99. The molecule has 1 aromatic rings. The van der Waals surface area contributed by atoms with Gasteiger partial charge >= 0.3 is 12.5 Å². The van der Waals surface area contributed by atoms with Crippen molar-refractivity contribution >= 4 is 18.5 Å². The van der Waals surface area contributed by atoms with E-state index in [0.29, 0.717) is 18.7 Å². The zero-order chi connectivity index (χ0) is 17.4. The van der Waals surface area contributed by atoms with Crippen molar-refractivity contribution in [2.24, 2.45) is 5.92 Å². The van der Waals surface area contributed by atoms with Crippen LogP contribution in [0, 0.1) is 5.92 Å². The average Bonchev–Trinajstić information content (AvgIpc) is 2.99. The second kappa shape index (κ2) is 7.25. The summed E-state index contributed by atoms with van der Waals surface area (Å²) in [4.78, 5) is 13.3. The lowest BCUT2D eigenvalue weighted by atomic mass is 9.97. The van der Waals surface area contributed by atoms with Crippen molar-refractivity contribution in [3.05, 3.63) is 29.8 Å². The monoisotopic (exact) mass is 384 g/mol. The molecule has 5 nitrogen and oxygen atoms in total. The molecule has 0 radical (unpaired) electrons. The van der Waals surface area contributed by atoms with Gasteiger partial charge in [-0.1, -0.05) is 12.1 Å². The van der Waals surface area contributed by atoms with Crippen LogP contribution in [-0.4, -0.2) is 49.2 Å². The molecule has 2 aliphatic rings. The van der Waals surface area contributed by atoms with E-state index in [-0.39, 0.29) is 43.8 Å². The number of likely N-dealkylation sites (tertiary alicyclic amines) is 1. The third kappa shape index (κ3) is 4.66. The minimum atomic E-state index is -4.75. The first-order chi connectivity index (χ1) is 11.3. The van der Waals surface area contributed by atoms with Crippen molar-refractivity contribution in [3.8, 4) is 5.75 Å². The highest BCUT2D eigenvalue weighted by Crippen LogP contribution is 2.34. The number of ether oxygens (including phenoxy) is 2. The Bertz CT molecular complexity index is 614. The number of alkyl halides is 4. The molecule has 25 heavy (non-hydrogen) atoms. The number of rotatable bonds is 3. The summed E-state index contributed by atoms with van der Waals surface area (Å²) in [7, 11) is 0. The van der Waals surface area contributed by atoms with E-state index in [9.17, 15) is 22.4 Å². The smallest absolute Gasteiger partial charge is 0.445 e. The van der Waals surface area contributed by atoms with Crippen LogP contribution < -0.4 is 10.1 Å². The van der Waals surface area contributed by atoms with Gasteiger partial charge in [-0.25, -0.2) is 9.18 Å². The van der Waals surface area contributed by atoms with Gasteiger partial charge in [0.1, 0.15) is 18.0 Å². The maximum Gasteiger partial charge on any atom is 0.573 e. The summed E-state index contributed by atoms with van der Waals surface area (Å²) < 4.78 is 59.5. The van der Waals surface area contributed by atoms with Crippen LogP contribution in [0.3, 0.4) is 0 Å². The predicted molar refractivity (Wildman–Crippen MR) is 82.3 cm³/mol. The van der Waals surface area contributed by atoms with E-state index in [4.69, 9.17) is 4.74 Å². The van der Waals surface area contributed by atoms with E-state index >= 15 is 0 Å². The van der Waals surface area contributed by atoms with Crippen molar-refractivity contribution in [1.29, 1.82) is 0 Å². The maximum absolute atomic E-state index is 14.4. The predicted octanol–water partition coefficient (Wildman–Crippen LogP) is 2.89. The normalized spacial score (nSPS) is 25.3.